The normalized spacial score (nSPS) is 11.5. The maximum Gasteiger partial charge on any atom is 0.141 e. The van der Waals surface area contributed by atoms with Crippen LogP contribution in [-0.4, -0.2) is 25.7 Å². The van der Waals surface area contributed by atoms with E-state index in [0.29, 0.717) is 0 Å². The Kier molecular flexibility index (Phi) is 3.84. The number of halogens is 1. The zero-order valence-electron chi connectivity index (χ0n) is 12.7. The Hall–Kier alpha value is -2.92. The highest BCUT2D eigenvalue weighted by Gasteiger charge is 2.07. The molecule has 0 spiro atoms. The summed E-state index contributed by atoms with van der Waals surface area (Å²) in [5.41, 5.74) is 3.41. The summed E-state index contributed by atoms with van der Waals surface area (Å²) in [6.45, 7) is 0.776. The molecule has 2 aromatic carbocycles. The van der Waals surface area contributed by atoms with E-state index in [2.05, 4.69) is 38.2 Å². The third-order valence-corrected chi connectivity index (χ3v) is 4.07. The summed E-state index contributed by atoms with van der Waals surface area (Å²) in [7, 11) is 0. The smallest absolute Gasteiger partial charge is 0.141 e. The first-order valence-electron chi connectivity index (χ1n) is 7.51. The minimum Gasteiger partial charge on any atom is -0.342 e. The van der Waals surface area contributed by atoms with Crippen molar-refractivity contribution >= 4 is 28.7 Å². The molecule has 24 heavy (non-hydrogen) atoms. The van der Waals surface area contributed by atoms with E-state index >= 15 is 0 Å². The molecule has 0 aliphatic heterocycles. The lowest BCUT2D eigenvalue weighted by Gasteiger charge is -2.05. The summed E-state index contributed by atoms with van der Waals surface area (Å²) in [6.07, 6.45) is 7.05. The Morgan fingerprint density at radius 3 is 2.54 bits per heavy atom. The lowest BCUT2D eigenvalue weighted by Crippen LogP contribution is -1.97. The summed E-state index contributed by atoms with van der Waals surface area (Å²) in [5.74, 6) is 0. The lowest BCUT2D eigenvalue weighted by molar-refractivity contribution is 0.835. The highest BCUT2D eigenvalue weighted by molar-refractivity contribution is 6.30. The average molecular weight is 336 g/mol. The van der Waals surface area contributed by atoms with Crippen LogP contribution in [0.3, 0.4) is 0 Å². The number of benzene rings is 2. The lowest BCUT2D eigenvalue weighted by atomic mass is 10.2. The first kappa shape index (κ1) is 14.7. The fourth-order valence-electron chi connectivity index (χ4n) is 2.68. The van der Waals surface area contributed by atoms with Crippen LogP contribution < -0.4 is 0 Å². The van der Waals surface area contributed by atoms with Gasteiger partial charge >= 0.3 is 0 Å². The van der Waals surface area contributed by atoms with Gasteiger partial charge < -0.3 is 4.57 Å². The maximum atomic E-state index is 5.97. The van der Waals surface area contributed by atoms with Crippen molar-refractivity contribution in [2.45, 2.75) is 6.54 Å². The Morgan fingerprint density at radius 1 is 1.00 bits per heavy atom. The van der Waals surface area contributed by atoms with Crippen LogP contribution in [-0.2, 0) is 6.54 Å². The van der Waals surface area contributed by atoms with Gasteiger partial charge in [-0.15, -0.1) is 10.2 Å². The molecule has 0 radical (unpaired) electrons. The summed E-state index contributed by atoms with van der Waals surface area (Å²) >= 11 is 5.97. The van der Waals surface area contributed by atoms with Gasteiger partial charge in [0.2, 0.25) is 0 Å². The van der Waals surface area contributed by atoms with E-state index in [1.54, 1.807) is 17.3 Å². The van der Waals surface area contributed by atoms with Gasteiger partial charge in [0, 0.05) is 34.2 Å². The van der Waals surface area contributed by atoms with Crippen molar-refractivity contribution in [3.63, 3.8) is 0 Å². The van der Waals surface area contributed by atoms with Gasteiger partial charge in [0.25, 0.3) is 0 Å². The maximum absolute atomic E-state index is 5.97. The van der Waals surface area contributed by atoms with Crippen molar-refractivity contribution < 1.29 is 0 Å². The van der Waals surface area contributed by atoms with Gasteiger partial charge in [0.1, 0.15) is 12.7 Å². The average Bonchev–Trinajstić information content (AvgIpc) is 3.24. The van der Waals surface area contributed by atoms with Gasteiger partial charge in [-0.3, -0.25) is 0 Å². The molecular formula is C18H14ClN5. The third kappa shape index (κ3) is 2.94. The molecule has 5 nitrogen and oxygen atoms in total. The van der Waals surface area contributed by atoms with E-state index in [-0.39, 0.29) is 0 Å². The number of hydrogen-bond acceptors (Lipinski definition) is 3. The van der Waals surface area contributed by atoms with Crippen molar-refractivity contribution in [3.05, 3.63) is 83.5 Å². The van der Waals surface area contributed by atoms with E-state index in [1.807, 2.05) is 42.6 Å². The van der Waals surface area contributed by atoms with Crippen LogP contribution in [0.4, 0.5) is 0 Å². The Balaban J connectivity index is 1.72. The van der Waals surface area contributed by atoms with Gasteiger partial charge in [-0.2, -0.15) is 5.10 Å². The molecule has 0 amide bonds. The van der Waals surface area contributed by atoms with Gasteiger partial charge in [-0.25, -0.2) is 4.68 Å². The SMILES string of the molecule is Clc1ccc(Cn2cc(/C=N/n3cnnc3)c3ccccc32)cc1. The molecule has 0 saturated heterocycles. The minimum absolute atomic E-state index is 0.748. The zero-order chi connectivity index (χ0) is 16.4. The van der Waals surface area contributed by atoms with Crippen LogP contribution >= 0.6 is 11.6 Å². The Bertz CT molecular complexity index is 984. The van der Waals surface area contributed by atoms with Gasteiger partial charge in [-0.05, 0) is 23.8 Å². The second-order valence-corrected chi connectivity index (χ2v) is 5.88. The number of para-hydroxylation sites is 1. The van der Waals surface area contributed by atoms with Crippen LogP contribution in [0.1, 0.15) is 11.1 Å². The monoisotopic (exact) mass is 335 g/mol. The van der Waals surface area contributed by atoms with Crippen LogP contribution in [0, 0.1) is 0 Å². The predicted octanol–water partition coefficient (Wildman–Crippen LogP) is 3.82. The summed E-state index contributed by atoms with van der Waals surface area (Å²) < 4.78 is 3.79. The standard InChI is InChI=1S/C18H14ClN5/c19-16-7-5-14(6-8-16)10-23-11-15(9-22-24-12-20-21-13-24)17-3-1-2-4-18(17)23/h1-9,11-13H,10H2/b22-9+. The second-order valence-electron chi connectivity index (χ2n) is 5.44. The van der Waals surface area contributed by atoms with E-state index < -0.39 is 0 Å². The third-order valence-electron chi connectivity index (χ3n) is 3.82. The zero-order valence-corrected chi connectivity index (χ0v) is 13.5. The molecule has 0 unspecified atom stereocenters. The number of nitrogens with zero attached hydrogens (tertiary/aromatic N) is 5. The van der Waals surface area contributed by atoms with E-state index in [0.717, 1.165) is 28.0 Å². The molecule has 0 bridgehead atoms. The van der Waals surface area contributed by atoms with E-state index in [4.69, 9.17) is 11.6 Å². The molecule has 0 fully saturated rings. The number of hydrogen-bond donors (Lipinski definition) is 0. The molecule has 0 atom stereocenters. The fourth-order valence-corrected chi connectivity index (χ4v) is 2.81. The number of rotatable bonds is 4. The minimum atomic E-state index is 0.748. The van der Waals surface area contributed by atoms with Crippen LogP contribution in [0.2, 0.25) is 5.02 Å². The first-order chi connectivity index (χ1) is 11.8. The second kappa shape index (κ2) is 6.29. The largest absolute Gasteiger partial charge is 0.342 e. The molecule has 4 rings (SSSR count). The van der Waals surface area contributed by atoms with Crippen LogP contribution in [0.25, 0.3) is 10.9 Å². The van der Waals surface area contributed by atoms with E-state index in [1.165, 1.54) is 5.56 Å². The molecule has 0 N–H and O–H groups in total. The molecule has 0 aliphatic carbocycles. The number of fused-ring (bicyclic) bond motifs is 1. The molecule has 2 aromatic heterocycles. The molecule has 2 heterocycles. The number of aromatic nitrogens is 4. The topological polar surface area (TPSA) is 48.0 Å². The quantitative estimate of drug-likeness (QED) is 0.532. The van der Waals surface area contributed by atoms with Crippen molar-refractivity contribution in [2.75, 3.05) is 0 Å². The van der Waals surface area contributed by atoms with Gasteiger partial charge in [-0.1, -0.05) is 41.9 Å². The molecular weight excluding hydrogens is 322 g/mol. The van der Waals surface area contributed by atoms with Crippen LogP contribution in [0.5, 0.6) is 0 Å². The molecule has 0 saturated carbocycles. The van der Waals surface area contributed by atoms with Crippen molar-refractivity contribution in [1.82, 2.24) is 19.4 Å². The van der Waals surface area contributed by atoms with Crippen LogP contribution in [0.15, 0.2) is 72.5 Å². The summed E-state index contributed by atoms with van der Waals surface area (Å²) in [5, 5.41) is 13.8. The highest BCUT2D eigenvalue weighted by Crippen LogP contribution is 2.21. The fraction of sp³-hybridized carbons (Fsp3) is 0.0556. The van der Waals surface area contributed by atoms with Gasteiger partial charge in [0.05, 0.1) is 6.21 Å². The Morgan fingerprint density at radius 2 is 1.75 bits per heavy atom. The molecule has 6 heteroatoms. The first-order valence-corrected chi connectivity index (χ1v) is 7.89. The summed E-state index contributed by atoms with van der Waals surface area (Å²) in [6, 6.07) is 16.2. The highest BCUT2D eigenvalue weighted by atomic mass is 35.5. The molecule has 118 valence electrons. The Labute approximate surface area is 143 Å². The predicted molar refractivity (Wildman–Crippen MR) is 95.5 cm³/mol. The molecule has 4 aromatic rings. The molecule has 0 aliphatic rings. The van der Waals surface area contributed by atoms with Crippen molar-refractivity contribution in [2.24, 2.45) is 5.10 Å². The van der Waals surface area contributed by atoms with E-state index in [9.17, 15) is 0 Å². The van der Waals surface area contributed by atoms with Gasteiger partial charge in [0.15, 0.2) is 0 Å². The van der Waals surface area contributed by atoms with Crippen molar-refractivity contribution in [1.29, 1.82) is 0 Å². The van der Waals surface area contributed by atoms with Crippen molar-refractivity contribution in [3.8, 4) is 0 Å². The summed E-state index contributed by atoms with van der Waals surface area (Å²) in [4.78, 5) is 0.